The average molecular weight is 1570 g/mol. The molecule has 17 aromatic rings. The number of fused-ring (bicyclic) bond motifs is 12. The zero-order chi connectivity index (χ0) is 76.1. The molecule has 1 radical (unpaired) electrons. The van der Waals surface area contributed by atoms with Crippen molar-refractivity contribution in [1.82, 2.24) is 39.9 Å². The molecule has 0 bridgehead atoms. The first-order valence-electron chi connectivity index (χ1n) is 33.3. The highest BCUT2D eigenvalue weighted by atomic mass is 79.9. The van der Waals surface area contributed by atoms with Gasteiger partial charge in [-0.05, 0) is 175 Å². The van der Waals surface area contributed by atoms with E-state index in [-0.39, 0.29) is 23.1 Å². The van der Waals surface area contributed by atoms with Crippen LogP contribution in [0.3, 0.4) is 0 Å². The molecule has 20 nitrogen and oxygen atoms in total. The summed E-state index contributed by atoms with van der Waals surface area (Å²) in [5, 5.41) is 34.7. The highest BCUT2D eigenvalue weighted by Crippen LogP contribution is 2.34. The third-order valence-corrected chi connectivity index (χ3v) is 18.3. The first-order chi connectivity index (χ1) is 53.0. The first kappa shape index (κ1) is 73.7. The molecule has 0 unspecified atom stereocenters. The number of ether oxygens (including phenoxy) is 3. The van der Waals surface area contributed by atoms with E-state index in [1.54, 1.807) is 134 Å². The van der Waals surface area contributed by atoms with Crippen LogP contribution in [-0.4, -0.2) is 114 Å². The number of aromatic nitrogens is 8. The first-order valence-corrected chi connectivity index (χ1v) is 34.9. The Morgan fingerprint density at radius 2 is 0.541 bits per heavy atom. The van der Waals surface area contributed by atoms with Crippen LogP contribution in [-0.2, 0) is 14.2 Å². The fourth-order valence-corrected chi connectivity index (χ4v) is 12.6. The van der Waals surface area contributed by atoms with Crippen molar-refractivity contribution in [3.63, 3.8) is 0 Å². The maximum absolute atomic E-state index is 11.7. The summed E-state index contributed by atoms with van der Waals surface area (Å²) in [7, 11) is 4.62. The molecule has 0 fully saturated rings. The van der Waals surface area contributed by atoms with Gasteiger partial charge in [-0.2, -0.15) is 0 Å². The topological polar surface area (TPSA) is 286 Å². The zero-order valence-corrected chi connectivity index (χ0v) is 61.2. The monoisotopic (exact) mass is 1560 g/mol. The van der Waals surface area contributed by atoms with Gasteiger partial charge in [0, 0.05) is 124 Å². The summed E-state index contributed by atoms with van der Waals surface area (Å²) in [5.74, 6) is -2.58. The number of nitrogens with zero attached hydrogens (tertiary/aromatic N) is 8. The molecule has 0 saturated heterocycles. The highest BCUT2D eigenvalue weighted by Gasteiger charge is 2.15. The molecular weight excluding hydrogens is 1510 g/mol. The van der Waals surface area contributed by atoms with E-state index in [0.717, 1.165) is 141 Å². The van der Waals surface area contributed by atoms with Crippen LogP contribution in [0.25, 0.3) is 132 Å². The van der Waals surface area contributed by atoms with Gasteiger partial charge in [-0.1, -0.05) is 109 Å². The second-order valence-electron chi connectivity index (χ2n) is 24.2. The molecule has 17 rings (SSSR count). The highest BCUT2D eigenvalue weighted by molar-refractivity contribution is 9.10. The van der Waals surface area contributed by atoms with E-state index < -0.39 is 17.9 Å². The predicted molar refractivity (Wildman–Crippen MR) is 428 cm³/mol. The second kappa shape index (κ2) is 33.7. The van der Waals surface area contributed by atoms with E-state index in [0.29, 0.717) is 30.1 Å². The van der Waals surface area contributed by atoms with E-state index in [2.05, 4.69) is 120 Å². The molecule has 0 aliphatic heterocycles. The summed E-state index contributed by atoms with van der Waals surface area (Å²) < 4.78 is 20.6. The Morgan fingerprint density at radius 1 is 0.294 bits per heavy atom. The number of rotatable bonds is 11. The maximum Gasteiger partial charge on any atom is 0.569 e. The smallest absolute Gasteiger partial charge is 0.537 e. The van der Waals surface area contributed by atoms with Gasteiger partial charge in [0.15, 0.2) is 0 Å². The van der Waals surface area contributed by atoms with Crippen LogP contribution in [0.2, 0.25) is 0 Å². The average Bonchev–Trinajstić information content (AvgIpc) is 0.783. The Bertz CT molecular complexity index is 5960. The molecule has 109 heavy (non-hydrogen) atoms. The lowest BCUT2D eigenvalue weighted by Crippen LogP contribution is -2.02. The molecule has 3 N–H and O–H groups in total. The summed E-state index contributed by atoms with van der Waals surface area (Å²) in [4.78, 5) is 92.6. The number of aromatic carboxylic acids is 2. The molecule has 23 heteroatoms. The third kappa shape index (κ3) is 17.1. The number of carboxylic acid groups (broad SMARTS) is 2. The SMILES string of the molecule is Brc1cnc2c(ccc3cc(Br)cnc32)c1.COC(=O)c1ccc(-c2cnc3c(ccc4cc(-c5ccc(C(=O)OC)cc5)cnc43)c2)cc1.COC(=O)c1ccc(O[B]O)cc1.O=C(O)c1ccc(-c2cnc3c(ccc4cc(-c5ccc(C(=O)O)cc5)cnc43)c2)cc1.c1cnc2c(c1)ccc1cccnc12. The Balaban J connectivity index is 0.000000127. The van der Waals surface area contributed by atoms with Crippen molar-refractivity contribution in [2.45, 2.75) is 0 Å². The predicted octanol–water partition coefficient (Wildman–Crippen LogP) is 18.7. The quantitative estimate of drug-likeness (QED) is 0.0469. The van der Waals surface area contributed by atoms with Crippen molar-refractivity contribution in [2.75, 3.05) is 21.3 Å². The molecule has 8 heterocycles. The van der Waals surface area contributed by atoms with Gasteiger partial charge < -0.3 is 34.1 Å². The van der Waals surface area contributed by atoms with Crippen LogP contribution >= 0.6 is 31.9 Å². The number of esters is 3. The van der Waals surface area contributed by atoms with E-state index in [1.807, 2.05) is 97.3 Å². The minimum absolute atomic E-state index is 0.242. The normalized spacial score (nSPS) is 10.7. The molecule has 0 atom stereocenters. The maximum atomic E-state index is 11.7. The van der Waals surface area contributed by atoms with E-state index in [1.165, 1.54) is 21.3 Å². The van der Waals surface area contributed by atoms with Crippen LogP contribution in [0.15, 0.2) is 289 Å². The molecule has 531 valence electrons. The number of hydrogen-bond donors (Lipinski definition) is 3. The van der Waals surface area contributed by atoms with Crippen LogP contribution in [0.5, 0.6) is 5.75 Å². The van der Waals surface area contributed by atoms with Crippen LogP contribution < -0.4 is 4.65 Å². The van der Waals surface area contributed by atoms with E-state index in [4.69, 9.17) is 34.7 Å². The van der Waals surface area contributed by atoms with Crippen molar-refractivity contribution < 1.29 is 58.1 Å². The minimum atomic E-state index is -0.956. The number of halogens is 2. The number of carboxylic acids is 2. The second-order valence-corrected chi connectivity index (χ2v) is 26.0. The van der Waals surface area contributed by atoms with Crippen molar-refractivity contribution in [3.05, 3.63) is 317 Å². The molecule has 0 spiro atoms. The number of carbonyl (C=O) groups is 5. The number of carbonyl (C=O) groups excluding carboxylic acids is 3. The van der Waals surface area contributed by atoms with E-state index >= 15 is 0 Å². The summed E-state index contributed by atoms with van der Waals surface area (Å²) in [6, 6.07) is 70.6. The Morgan fingerprint density at radius 3 is 0.817 bits per heavy atom. The lowest BCUT2D eigenvalue weighted by atomic mass is 10.0. The van der Waals surface area contributed by atoms with Gasteiger partial charge >= 0.3 is 37.5 Å². The van der Waals surface area contributed by atoms with Crippen molar-refractivity contribution in [3.8, 4) is 50.3 Å². The standard InChI is InChI=1S/C28H20N2O4.C26H16N2O4.C12H6Br2N2.C12H8N2.C8H8BO4/c1-33-27(31)19-7-3-17(4-8-19)23-13-21-11-12-22-14-24(16-30-26(22)25(21)29-15-23)18-5-9-20(10-6-18)28(32)34-2;29-25(30)17-5-1-15(2-6-17)21-11-19-9-10-20-12-22(14-28-24(20)23(19)27-13-21)16-3-7-18(8-4-16)26(31)32;13-9-3-7-1-2-8-4-10(14)6-16-12(8)11(7)15-5-9;1-3-9-5-6-10-4-2-8-14-12(10)11(9)13-7-1;1-12-8(10)6-2-4-7(5-3-6)13-9-11/h3-16H,1-2H3;1-14H,(H,29,30)(H,31,32);1-6H;1-8H;2-5,11H,1H3. The Hall–Kier alpha value is -13.6. The van der Waals surface area contributed by atoms with Gasteiger partial charge in [0.05, 0.1) is 93.3 Å². The summed E-state index contributed by atoms with van der Waals surface area (Å²) in [6.07, 6.45) is 14.4. The summed E-state index contributed by atoms with van der Waals surface area (Å²) in [6.45, 7) is 0. The number of benzene rings is 9. The molecule has 8 aromatic heterocycles. The third-order valence-electron chi connectivity index (χ3n) is 17.5. The number of hydrogen-bond acceptors (Lipinski definition) is 18. The lowest BCUT2D eigenvalue weighted by molar-refractivity contribution is 0.0592. The number of pyridine rings is 8. The van der Waals surface area contributed by atoms with Crippen LogP contribution in [0.4, 0.5) is 0 Å². The largest absolute Gasteiger partial charge is 0.569 e. The molecule has 0 aliphatic carbocycles. The van der Waals surface area contributed by atoms with Crippen LogP contribution in [0, 0.1) is 0 Å². The lowest BCUT2D eigenvalue weighted by Gasteiger charge is -2.08. The molecule has 9 aromatic carbocycles. The Labute approximate surface area is 638 Å². The van der Waals surface area contributed by atoms with Gasteiger partial charge in [-0.15, -0.1) is 0 Å². The van der Waals surface area contributed by atoms with Gasteiger partial charge in [0.25, 0.3) is 0 Å². The van der Waals surface area contributed by atoms with Crippen LogP contribution in [0.1, 0.15) is 51.8 Å². The van der Waals surface area contributed by atoms with Crippen molar-refractivity contribution >= 4 is 157 Å². The molecular formula is C86H58BBr2N8O12. The van der Waals surface area contributed by atoms with Gasteiger partial charge in [-0.25, -0.2) is 24.0 Å². The summed E-state index contributed by atoms with van der Waals surface area (Å²) in [5.41, 5.74) is 16.3. The number of methoxy groups -OCH3 is 3. The van der Waals surface area contributed by atoms with Gasteiger partial charge in [0.2, 0.25) is 0 Å². The Kier molecular flexibility index (Phi) is 22.8. The summed E-state index contributed by atoms with van der Waals surface area (Å²) >= 11 is 6.84. The fraction of sp³-hybridized carbons (Fsp3) is 0.0349. The van der Waals surface area contributed by atoms with Gasteiger partial charge in [-0.3, -0.25) is 39.9 Å². The molecule has 0 amide bonds. The molecule has 0 saturated carbocycles. The van der Waals surface area contributed by atoms with E-state index in [9.17, 15) is 24.0 Å². The van der Waals surface area contributed by atoms with Crippen molar-refractivity contribution in [2.24, 2.45) is 0 Å². The minimum Gasteiger partial charge on any atom is -0.537 e. The zero-order valence-electron chi connectivity index (χ0n) is 58.0. The molecule has 0 aliphatic rings. The van der Waals surface area contributed by atoms with Gasteiger partial charge in [0.1, 0.15) is 5.75 Å². The fourth-order valence-electron chi connectivity index (χ4n) is 11.9. The van der Waals surface area contributed by atoms with Crippen molar-refractivity contribution in [1.29, 1.82) is 0 Å².